The highest BCUT2D eigenvalue weighted by atomic mass is 16.6. The SMILES string of the molecule is CC(C)(C)OC(=O)N1CC[C@@H]1C[NH3+]. The first kappa shape index (κ1) is 10.3. The largest absolute Gasteiger partial charge is 0.444 e. The van der Waals surface area contributed by atoms with E-state index in [1.807, 2.05) is 20.8 Å². The molecule has 1 saturated heterocycles. The van der Waals surface area contributed by atoms with Crippen molar-refractivity contribution in [2.75, 3.05) is 13.1 Å². The summed E-state index contributed by atoms with van der Waals surface area (Å²) < 4.78 is 5.23. The van der Waals surface area contributed by atoms with Crippen LogP contribution >= 0.6 is 0 Å². The number of likely N-dealkylation sites (tertiary alicyclic amines) is 1. The van der Waals surface area contributed by atoms with Crippen LogP contribution in [0.25, 0.3) is 0 Å². The number of carbonyl (C=O) groups is 1. The minimum Gasteiger partial charge on any atom is -0.444 e. The van der Waals surface area contributed by atoms with Crippen LogP contribution in [-0.4, -0.2) is 35.7 Å². The summed E-state index contributed by atoms with van der Waals surface area (Å²) in [5.41, 5.74) is 3.40. The maximum atomic E-state index is 11.5. The molecule has 4 heteroatoms. The van der Waals surface area contributed by atoms with Crippen LogP contribution in [-0.2, 0) is 4.74 Å². The molecule has 1 aliphatic heterocycles. The quantitative estimate of drug-likeness (QED) is 0.639. The Morgan fingerprint density at radius 3 is 2.54 bits per heavy atom. The van der Waals surface area contributed by atoms with Gasteiger partial charge < -0.3 is 10.5 Å². The molecule has 0 bridgehead atoms. The molecule has 0 aliphatic carbocycles. The lowest BCUT2D eigenvalue weighted by molar-refractivity contribution is -0.382. The maximum absolute atomic E-state index is 11.5. The summed E-state index contributed by atoms with van der Waals surface area (Å²) in [7, 11) is 0. The van der Waals surface area contributed by atoms with Gasteiger partial charge in [-0.15, -0.1) is 0 Å². The van der Waals surface area contributed by atoms with Gasteiger partial charge in [0.15, 0.2) is 0 Å². The Morgan fingerprint density at radius 1 is 1.62 bits per heavy atom. The first-order valence-corrected chi connectivity index (χ1v) is 4.73. The summed E-state index contributed by atoms with van der Waals surface area (Å²) in [6, 6.07) is 0.301. The maximum Gasteiger partial charge on any atom is 0.410 e. The lowest BCUT2D eigenvalue weighted by atomic mass is 10.0. The molecule has 0 unspecified atom stereocenters. The molecule has 1 heterocycles. The molecule has 76 valence electrons. The fourth-order valence-electron chi connectivity index (χ4n) is 1.30. The fraction of sp³-hybridized carbons (Fsp3) is 0.889. The van der Waals surface area contributed by atoms with Crippen LogP contribution in [0.15, 0.2) is 0 Å². The molecule has 13 heavy (non-hydrogen) atoms. The Labute approximate surface area is 79.0 Å². The highest BCUT2D eigenvalue weighted by molar-refractivity contribution is 5.69. The Bertz CT molecular complexity index is 196. The van der Waals surface area contributed by atoms with Crippen LogP contribution < -0.4 is 5.73 Å². The summed E-state index contributed by atoms with van der Waals surface area (Å²) in [5, 5.41) is 0. The van der Waals surface area contributed by atoms with Crippen molar-refractivity contribution in [3.8, 4) is 0 Å². The van der Waals surface area contributed by atoms with E-state index < -0.39 is 5.60 Å². The van der Waals surface area contributed by atoms with Gasteiger partial charge in [0.1, 0.15) is 5.60 Å². The van der Waals surface area contributed by atoms with Gasteiger partial charge in [-0.3, -0.25) is 4.90 Å². The molecule has 4 nitrogen and oxygen atoms in total. The summed E-state index contributed by atoms with van der Waals surface area (Å²) >= 11 is 0. The van der Waals surface area contributed by atoms with Crippen molar-refractivity contribution < 1.29 is 15.3 Å². The number of carbonyl (C=O) groups excluding carboxylic acids is 1. The zero-order valence-corrected chi connectivity index (χ0v) is 8.67. The molecule has 3 N–H and O–H groups in total. The second-order valence-corrected chi connectivity index (χ2v) is 4.40. The van der Waals surface area contributed by atoms with E-state index in [1.165, 1.54) is 0 Å². The predicted molar refractivity (Wildman–Crippen MR) is 49.1 cm³/mol. The van der Waals surface area contributed by atoms with E-state index in [9.17, 15) is 4.79 Å². The molecule has 0 spiro atoms. The van der Waals surface area contributed by atoms with E-state index in [0.29, 0.717) is 6.04 Å². The van der Waals surface area contributed by atoms with Gasteiger partial charge in [-0.05, 0) is 27.2 Å². The molecule has 0 aromatic carbocycles. The number of hydrogen-bond acceptors (Lipinski definition) is 2. The van der Waals surface area contributed by atoms with E-state index in [2.05, 4.69) is 5.73 Å². The van der Waals surface area contributed by atoms with Gasteiger partial charge in [-0.25, -0.2) is 4.79 Å². The molecule has 1 atom stereocenters. The van der Waals surface area contributed by atoms with Crippen molar-refractivity contribution in [3.63, 3.8) is 0 Å². The summed E-state index contributed by atoms with van der Waals surface area (Å²) in [6.45, 7) is 7.23. The van der Waals surface area contributed by atoms with Gasteiger partial charge in [-0.2, -0.15) is 0 Å². The highest BCUT2D eigenvalue weighted by Crippen LogP contribution is 2.19. The van der Waals surface area contributed by atoms with E-state index in [1.54, 1.807) is 4.90 Å². The number of ether oxygens (including phenoxy) is 1. The Kier molecular flexibility index (Phi) is 2.81. The van der Waals surface area contributed by atoms with Gasteiger partial charge in [-0.1, -0.05) is 0 Å². The van der Waals surface area contributed by atoms with Crippen molar-refractivity contribution in [1.29, 1.82) is 0 Å². The average Bonchev–Trinajstić information content (AvgIpc) is 1.80. The monoisotopic (exact) mass is 187 g/mol. The van der Waals surface area contributed by atoms with E-state index in [0.717, 1.165) is 19.5 Å². The number of rotatable bonds is 1. The fourth-order valence-corrected chi connectivity index (χ4v) is 1.30. The molecule has 0 aromatic rings. The molecule has 1 aliphatic rings. The lowest BCUT2D eigenvalue weighted by Gasteiger charge is -2.39. The van der Waals surface area contributed by atoms with Crippen LogP contribution in [0.3, 0.4) is 0 Å². The molecule has 1 rings (SSSR count). The molecule has 0 saturated carbocycles. The second kappa shape index (κ2) is 3.54. The number of nitrogens with zero attached hydrogens (tertiary/aromatic N) is 1. The lowest BCUT2D eigenvalue weighted by Crippen LogP contribution is -2.66. The minimum absolute atomic E-state index is 0.201. The second-order valence-electron chi connectivity index (χ2n) is 4.40. The zero-order valence-electron chi connectivity index (χ0n) is 8.67. The summed E-state index contributed by atoms with van der Waals surface area (Å²) in [6.07, 6.45) is 0.857. The van der Waals surface area contributed by atoms with Gasteiger partial charge in [0, 0.05) is 6.54 Å². The molecular formula is C9H19N2O2+. The Balaban J connectivity index is 2.40. The van der Waals surface area contributed by atoms with Crippen LogP contribution in [0.5, 0.6) is 0 Å². The number of quaternary nitrogens is 1. The summed E-state index contributed by atoms with van der Waals surface area (Å²) in [5.74, 6) is 0. The molecule has 1 amide bonds. The first-order chi connectivity index (χ1) is 5.94. The smallest absolute Gasteiger partial charge is 0.410 e. The van der Waals surface area contributed by atoms with Crippen molar-refractivity contribution in [2.24, 2.45) is 0 Å². The zero-order chi connectivity index (χ0) is 10.1. The third kappa shape index (κ3) is 2.59. The van der Waals surface area contributed by atoms with Crippen molar-refractivity contribution in [1.82, 2.24) is 4.90 Å². The standard InChI is InChI=1S/C9H18N2O2/c1-9(2,3)13-8(12)11-5-4-7(11)6-10/h7H,4-6,10H2,1-3H3/p+1/t7-/m1/s1. The van der Waals surface area contributed by atoms with Crippen LogP contribution in [0.1, 0.15) is 27.2 Å². The number of amides is 1. The van der Waals surface area contributed by atoms with E-state index >= 15 is 0 Å². The Hall–Kier alpha value is -0.770. The molecular weight excluding hydrogens is 168 g/mol. The first-order valence-electron chi connectivity index (χ1n) is 4.73. The highest BCUT2D eigenvalue weighted by Gasteiger charge is 2.35. The average molecular weight is 187 g/mol. The van der Waals surface area contributed by atoms with Gasteiger partial charge in [0.2, 0.25) is 0 Å². The van der Waals surface area contributed by atoms with Crippen molar-refractivity contribution in [3.05, 3.63) is 0 Å². The third-order valence-electron chi connectivity index (χ3n) is 2.11. The topological polar surface area (TPSA) is 57.2 Å². The summed E-state index contributed by atoms with van der Waals surface area (Å²) in [4.78, 5) is 13.2. The van der Waals surface area contributed by atoms with Gasteiger partial charge in [0.25, 0.3) is 0 Å². The van der Waals surface area contributed by atoms with E-state index in [4.69, 9.17) is 4.74 Å². The third-order valence-corrected chi connectivity index (χ3v) is 2.11. The molecule has 1 fully saturated rings. The molecule has 0 aromatic heterocycles. The van der Waals surface area contributed by atoms with Crippen molar-refractivity contribution in [2.45, 2.75) is 38.8 Å². The van der Waals surface area contributed by atoms with Crippen LogP contribution in [0.2, 0.25) is 0 Å². The van der Waals surface area contributed by atoms with E-state index in [-0.39, 0.29) is 6.09 Å². The minimum atomic E-state index is -0.390. The predicted octanol–water partition coefficient (Wildman–Crippen LogP) is 0.238. The normalized spacial score (nSPS) is 22.5. The van der Waals surface area contributed by atoms with Crippen molar-refractivity contribution >= 4 is 6.09 Å². The Morgan fingerprint density at radius 2 is 2.23 bits per heavy atom. The van der Waals surface area contributed by atoms with Crippen LogP contribution in [0.4, 0.5) is 4.79 Å². The molecule has 0 radical (unpaired) electrons. The van der Waals surface area contributed by atoms with Crippen LogP contribution in [0, 0.1) is 0 Å². The number of hydrogen-bond donors (Lipinski definition) is 1. The van der Waals surface area contributed by atoms with Gasteiger partial charge >= 0.3 is 6.09 Å². The van der Waals surface area contributed by atoms with Gasteiger partial charge in [0.05, 0.1) is 12.6 Å².